The SMILES string of the molecule is COc1ccc(-c2[nH]c3nc(N)ccc3c2-c2ccc(OC)cc2)cc1. The average Bonchev–Trinajstić information content (AvgIpc) is 3.06. The molecule has 0 aliphatic carbocycles. The maximum atomic E-state index is 5.87. The number of ether oxygens (including phenoxy) is 2. The molecule has 0 amide bonds. The molecule has 2 aromatic heterocycles. The van der Waals surface area contributed by atoms with Gasteiger partial charge in [0.25, 0.3) is 0 Å². The van der Waals surface area contributed by atoms with Gasteiger partial charge < -0.3 is 20.2 Å². The molecule has 0 saturated heterocycles. The Morgan fingerprint density at radius 1 is 0.769 bits per heavy atom. The van der Waals surface area contributed by atoms with Gasteiger partial charge in [0, 0.05) is 10.9 Å². The van der Waals surface area contributed by atoms with Crippen LogP contribution in [0.2, 0.25) is 0 Å². The second-order valence-corrected chi connectivity index (χ2v) is 5.96. The van der Waals surface area contributed by atoms with E-state index in [0.717, 1.165) is 44.9 Å². The number of hydrogen-bond acceptors (Lipinski definition) is 4. The summed E-state index contributed by atoms with van der Waals surface area (Å²) in [6.07, 6.45) is 0. The number of fused-ring (bicyclic) bond motifs is 1. The second-order valence-electron chi connectivity index (χ2n) is 5.96. The first kappa shape index (κ1) is 16.0. The summed E-state index contributed by atoms with van der Waals surface area (Å²) in [5.41, 5.74) is 10.8. The first-order valence-electron chi connectivity index (χ1n) is 8.26. The highest BCUT2D eigenvalue weighted by atomic mass is 16.5. The lowest BCUT2D eigenvalue weighted by molar-refractivity contribution is 0.414. The van der Waals surface area contributed by atoms with E-state index >= 15 is 0 Å². The highest BCUT2D eigenvalue weighted by Gasteiger charge is 2.16. The summed E-state index contributed by atoms with van der Waals surface area (Å²) < 4.78 is 10.5. The second kappa shape index (κ2) is 6.44. The van der Waals surface area contributed by atoms with Crippen molar-refractivity contribution in [3.05, 3.63) is 60.7 Å². The lowest BCUT2D eigenvalue weighted by atomic mass is 9.99. The van der Waals surface area contributed by atoms with Gasteiger partial charge in [-0.15, -0.1) is 0 Å². The van der Waals surface area contributed by atoms with Crippen molar-refractivity contribution >= 4 is 16.9 Å². The molecule has 4 aromatic rings. The topological polar surface area (TPSA) is 73.2 Å². The molecule has 0 atom stereocenters. The van der Waals surface area contributed by atoms with Crippen LogP contribution in [-0.4, -0.2) is 24.2 Å². The third-order valence-electron chi connectivity index (χ3n) is 4.44. The third kappa shape index (κ3) is 2.73. The molecular formula is C21H19N3O2. The van der Waals surface area contributed by atoms with Gasteiger partial charge in [0.1, 0.15) is 23.0 Å². The minimum absolute atomic E-state index is 0.487. The van der Waals surface area contributed by atoms with Crippen LogP contribution < -0.4 is 15.2 Å². The maximum Gasteiger partial charge on any atom is 0.140 e. The standard InChI is InChI=1S/C21H19N3O2/c1-25-15-7-3-13(4-8-15)19-17-11-12-18(22)23-21(17)24-20(19)14-5-9-16(26-2)10-6-14/h3-12H,1-2H3,(H3,22,23,24). The van der Waals surface area contributed by atoms with Crippen LogP contribution in [-0.2, 0) is 0 Å². The number of pyridine rings is 1. The Morgan fingerprint density at radius 2 is 1.35 bits per heavy atom. The number of nitrogen functional groups attached to an aromatic ring is 1. The minimum atomic E-state index is 0.487. The molecule has 4 rings (SSSR count). The van der Waals surface area contributed by atoms with E-state index in [1.54, 1.807) is 14.2 Å². The van der Waals surface area contributed by atoms with Crippen LogP contribution in [0.3, 0.4) is 0 Å². The normalized spacial score (nSPS) is 10.8. The first-order valence-corrected chi connectivity index (χ1v) is 8.26. The third-order valence-corrected chi connectivity index (χ3v) is 4.44. The predicted molar refractivity (Wildman–Crippen MR) is 104 cm³/mol. The van der Waals surface area contributed by atoms with E-state index in [9.17, 15) is 0 Å². The van der Waals surface area contributed by atoms with Crippen LogP contribution in [0.15, 0.2) is 60.7 Å². The van der Waals surface area contributed by atoms with E-state index < -0.39 is 0 Å². The van der Waals surface area contributed by atoms with Crippen LogP contribution in [0.25, 0.3) is 33.4 Å². The fourth-order valence-electron chi connectivity index (χ4n) is 3.12. The number of nitrogens with two attached hydrogens (primary N) is 1. The largest absolute Gasteiger partial charge is 0.497 e. The number of rotatable bonds is 4. The van der Waals surface area contributed by atoms with Gasteiger partial charge in [-0.25, -0.2) is 4.98 Å². The zero-order valence-electron chi connectivity index (χ0n) is 14.6. The summed E-state index contributed by atoms with van der Waals surface area (Å²) in [7, 11) is 3.32. The number of aromatic nitrogens is 2. The van der Waals surface area contributed by atoms with E-state index in [0.29, 0.717) is 5.82 Å². The van der Waals surface area contributed by atoms with E-state index in [2.05, 4.69) is 9.97 Å². The molecule has 0 fully saturated rings. The van der Waals surface area contributed by atoms with Crippen molar-refractivity contribution in [2.75, 3.05) is 20.0 Å². The van der Waals surface area contributed by atoms with E-state index in [4.69, 9.17) is 15.2 Å². The predicted octanol–water partition coefficient (Wildman–Crippen LogP) is 4.50. The van der Waals surface area contributed by atoms with Crippen molar-refractivity contribution in [3.8, 4) is 33.9 Å². The van der Waals surface area contributed by atoms with Crippen LogP contribution in [0, 0.1) is 0 Å². The van der Waals surface area contributed by atoms with Gasteiger partial charge in [-0.05, 0) is 59.7 Å². The number of hydrogen-bond donors (Lipinski definition) is 2. The van der Waals surface area contributed by atoms with Gasteiger partial charge in [0.05, 0.1) is 19.9 Å². The van der Waals surface area contributed by atoms with Crippen molar-refractivity contribution in [1.82, 2.24) is 9.97 Å². The molecule has 5 nitrogen and oxygen atoms in total. The molecule has 0 bridgehead atoms. The van der Waals surface area contributed by atoms with Crippen LogP contribution >= 0.6 is 0 Å². The number of benzene rings is 2. The minimum Gasteiger partial charge on any atom is -0.497 e. The fourth-order valence-corrected chi connectivity index (χ4v) is 3.12. The van der Waals surface area contributed by atoms with E-state index in [1.807, 2.05) is 60.7 Å². The molecule has 0 unspecified atom stereocenters. The highest BCUT2D eigenvalue weighted by Crippen LogP contribution is 2.38. The maximum absolute atomic E-state index is 5.87. The van der Waals surface area contributed by atoms with Crippen molar-refractivity contribution in [2.24, 2.45) is 0 Å². The quantitative estimate of drug-likeness (QED) is 0.571. The monoisotopic (exact) mass is 345 g/mol. The summed E-state index contributed by atoms with van der Waals surface area (Å²) >= 11 is 0. The molecule has 0 spiro atoms. The van der Waals surface area contributed by atoms with Crippen LogP contribution in [0.1, 0.15) is 0 Å². The molecule has 2 aromatic carbocycles. The highest BCUT2D eigenvalue weighted by molar-refractivity contribution is 6.02. The Morgan fingerprint density at radius 3 is 1.92 bits per heavy atom. The van der Waals surface area contributed by atoms with Gasteiger partial charge in [0.2, 0.25) is 0 Å². The summed E-state index contributed by atoms with van der Waals surface area (Å²) in [4.78, 5) is 7.87. The number of nitrogens with one attached hydrogen (secondary N) is 1. The molecule has 0 saturated carbocycles. The number of anilines is 1. The molecule has 0 aliphatic rings. The zero-order valence-corrected chi connectivity index (χ0v) is 14.6. The zero-order chi connectivity index (χ0) is 18.1. The van der Waals surface area contributed by atoms with Gasteiger partial charge >= 0.3 is 0 Å². The molecule has 26 heavy (non-hydrogen) atoms. The van der Waals surface area contributed by atoms with Gasteiger partial charge in [-0.3, -0.25) is 0 Å². The average molecular weight is 345 g/mol. The van der Waals surface area contributed by atoms with Crippen LogP contribution in [0.5, 0.6) is 11.5 Å². The summed E-state index contributed by atoms with van der Waals surface area (Å²) in [5.74, 6) is 2.13. The number of methoxy groups -OCH3 is 2. The Balaban J connectivity index is 1.95. The summed E-state index contributed by atoms with van der Waals surface area (Å²) in [6, 6.07) is 19.8. The summed E-state index contributed by atoms with van der Waals surface area (Å²) in [6.45, 7) is 0. The molecule has 5 heteroatoms. The first-order chi connectivity index (χ1) is 12.7. The van der Waals surface area contributed by atoms with E-state index in [-0.39, 0.29) is 0 Å². The van der Waals surface area contributed by atoms with Crippen molar-refractivity contribution < 1.29 is 9.47 Å². The lowest BCUT2D eigenvalue weighted by Gasteiger charge is -2.08. The Hall–Kier alpha value is -3.47. The molecule has 3 N–H and O–H groups in total. The molecule has 0 aliphatic heterocycles. The van der Waals surface area contributed by atoms with Gasteiger partial charge in [-0.2, -0.15) is 0 Å². The van der Waals surface area contributed by atoms with Crippen molar-refractivity contribution in [3.63, 3.8) is 0 Å². The molecular weight excluding hydrogens is 326 g/mol. The Bertz CT molecular complexity index is 1050. The van der Waals surface area contributed by atoms with E-state index in [1.165, 1.54) is 0 Å². The molecule has 130 valence electrons. The van der Waals surface area contributed by atoms with Gasteiger partial charge in [0.15, 0.2) is 0 Å². The molecule has 0 radical (unpaired) electrons. The Kier molecular flexibility index (Phi) is 3.97. The number of aromatic amines is 1. The number of nitrogens with zero attached hydrogens (tertiary/aromatic N) is 1. The fraction of sp³-hybridized carbons (Fsp3) is 0.0952. The summed E-state index contributed by atoms with van der Waals surface area (Å²) in [5, 5.41) is 1.02. The lowest BCUT2D eigenvalue weighted by Crippen LogP contribution is -1.88. The van der Waals surface area contributed by atoms with Crippen molar-refractivity contribution in [1.29, 1.82) is 0 Å². The Labute approximate surface area is 151 Å². The number of H-pyrrole nitrogens is 1. The molecule has 2 heterocycles. The van der Waals surface area contributed by atoms with Gasteiger partial charge in [-0.1, -0.05) is 12.1 Å². The smallest absolute Gasteiger partial charge is 0.140 e. The van der Waals surface area contributed by atoms with Crippen LogP contribution in [0.4, 0.5) is 5.82 Å². The van der Waals surface area contributed by atoms with Crippen molar-refractivity contribution in [2.45, 2.75) is 0 Å².